The van der Waals surface area contributed by atoms with Crippen LogP contribution in [0.5, 0.6) is 0 Å². The van der Waals surface area contributed by atoms with Gasteiger partial charge < -0.3 is 10.2 Å². The van der Waals surface area contributed by atoms with Gasteiger partial charge in [0.2, 0.25) is 11.8 Å². The summed E-state index contributed by atoms with van der Waals surface area (Å²) < 4.78 is 55.5. The second-order valence-electron chi connectivity index (χ2n) is 8.23. The summed E-state index contributed by atoms with van der Waals surface area (Å²) in [5, 5.41) is 2.71. The van der Waals surface area contributed by atoms with Crippen LogP contribution in [-0.4, -0.2) is 62.2 Å². The molecule has 0 aromatic heterocycles. The number of amides is 2. The van der Waals surface area contributed by atoms with Crippen molar-refractivity contribution in [1.82, 2.24) is 14.5 Å². The highest BCUT2D eigenvalue weighted by Gasteiger charge is 2.33. The summed E-state index contributed by atoms with van der Waals surface area (Å²) in [5.41, 5.74) is 0.234. The van der Waals surface area contributed by atoms with Gasteiger partial charge >= 0.3 is 10.2 Å². The van der Waals surface area contributed by atoms with Gasteiger partial charge in [-0.1, -0.05) is 18.2 Å². The third-order valence-electron chi connectivity index (χ3n) is 5.03. The molecule has 2 aromatic rings. The number of hydrogen-bond acceptors (Lipinski definition) is 4. The van der Waals surface area contributed by atoms with E-state index < -0.39 is 46.2 Å². The first-order valence-corrected chi connectivity index (χ1v) is 12.0. The Bertz CT molecular complexity index is 1110. The minimum absolute atomic E-state index is 0.0635. The van der Waals surface area contributed by atoms with E-state index in [4.69, 9.17) is 0 Å². The molecule has 1 atom stereocenters. The predicted octanol–water partition coefficient (Wildman–Crippen LogP) is 2.52. The quantitative estimate of drug-likeness (QED) is 0.547. The molecule has 0 aliphatic carbocycles. The Morgan fingerprint density at radius 3 is 2.09 bits per heavy atom. The number of anilines is 1. The summed E-state index contributed by atoms with van der Waals surface area (Å²) in [6.45, 7) is 4.07. The molecule has 2 amide bonds. The molecule has 1 N–H and O–H groups in total. The Hall–Kier alpha value is -3.05. The molecule has 0 saturated heterocycles. The fourth-order valence-corrected chi connectivity index (χ4v) is 4.18. The van der Waals surface area contributed by atoms with Crippen LogP contribution >= 0.6 is 0 Å². The van der Waals surface area contributed by atoms with Crippen LogP contribution < -0.4 is 9.62 Å². The van der Waals surface area contributed by atoms with Crippen LogP contribution in [0.1, 0.15) is 26.3 Å². The van der Waals surface area contributed by atoms with E-state index in [-0.39, 0.29) is 23.8 Å². The first kappa shape index (κ1) is 27.2. The number of carbonyl (C=O) groups excluding carboxylic acids is 2. The van der Waals surface area contributed by atoms with Crippen molar-refractivity contribution >= 4 is 27.7 Å². The number of nitrogens with zero attached hydrogens (tertiary/aromatic N) is 3. The zero-order valence-corrected chi connectivity index (χ0v) is 20.6. The molecule has 0 aliphatic heterocycles. The maximum Gasteiger partial charge on any atom is 0.304 e. The van der Waals surface area contributed by atoms with Gasteiger partial charge in [0.25, 0.3) is 0 Å². The standard InChI is InChI=1S/C23H30F2N4O4S/c1-16(2)26-23(31)17(3)28(14-18-8-6-7-9-21(18)25)22(30)15-29(34(32,33)27(4)5)20-12-10-19(24)11-13-20/h6-13,16-17H,14-15H2,1-5H3,(H,26,31). The largest absolute Gasteiger partial charge is 0.352 e. The van der Waals surface area contributed by atoms with Gasteiger partial charge in [0, 0.05) is 32.2 Å². The highest BCUT2D eigenvalue weighted by Crippen LogP contribution is 2.21. The van der Waals surface area contributed by atoms with Gasteiger partial charge in [-0.3, -0.25) is 9.59 Å². The maximum absolute atomic E-state index is 14.4. The summed E-state index contributed by atoms with van der Waals surface area (Å²) in [4.78, 5) is 27.3. The van der Waals surface area contributed by atoms with Crippen LogP contribution in [-0.2, 0) is 26.3 Å². The Morgan fingerprint density at radius 1 is 0.971 bits per heavy atom. The summed E-state index contributed by atoms with van der Waals surface area (Å²) in [6.07, 6.45) is 0. The monoisotopic (exact) mass is 496 g/mol. The Kier molecular flexibility index (Phi) is 9.11. The van der Waals surface area contributed by atoms with E-state index in [2.05, 4.69) is 5.32 Å². The lowest BCUT2D eigenvalue weighted by molar-refractivity contribution is -0.139. The zero-order chi connectivity index (χ0) is 25.6. The van der Waals surface area contributed by atoms with Crippen LogP contribution in [0.2, 0.25) is 0 Å². The van der Waals surface area contributed by atoms with Crippen molar-refractivity contribution in [2.45, 2.75) is 39.4 Å². The highest BCUT2D eigenvalue weighted by atomic mass is 32.2. The maximum atomic E-state index is 14.4. The van der Waals surface area contributed by atoms with Gasteiger partial charge in [-0.2, -0.15) is 12.7 Å². The lowest BCUT2D eigenvalue weighted by atomic mass is 10.1. The van der Waals surface area contributed by atoms with E-state index in [1.54, 1.807) is 19.9 Å². The van der Waals surface area contributed by atoms with E-state index in [9.17, 15) is 26.8 Å². The van der Waals surface area contributed by atoms with Gasteiger partial charge in [-0.25, -0.2) is 13.1 Å². The molecule has 0 heterocycles. The van der Waals surface area contributed by atoms with Crippen LogP contribution in [0.3, 0.4) is 0 Å². The topological polar surface area (TPSA) is 90.0 Å². The zero-order valence-electron chi connectivity index (χ0n) is 19.8. The minimum atomic E-state index is -4.16. The third kappa shape index (κ3) is 6.73. The van der Waals surface area contributed by atoms with Gasteiger partial charge in [0.15, 0.2) is 0 Å². The fourth-order valence-electron chi connectivity index (χ4n) is 3.12. The van der Waals surface area contributed by atoms with Crippen LogP contribution in [0.4, 0.5) is 14.5 Å². The van der Waals surface area contributed by atoms with Crippen molar-refractivity contribution in [3.8, 4) is 0 Å². The van der Waals surface area contributed by atoms with Crippen molar-refractivity contribution in [2.75, 3.05) is 24.9 Å². The van der Waals surface area contributed by atoms with Crippen LogP contribution in [0.25, 0.3) is 0 Å². The molecule has 0 fully saturated rings. The molecule has 2 rings (SSSR count). The smallest absolute Gasteiger partial charge is 0.304 e. The van der Waals surface area contributed by atoms with E-state index in [0.717, 1.165) is 25.6 Å². The molecule has 0 aliphatic rings. The molecule has 34 heavy (non-hydrogen) atoms. The lowest BCUT2D eigenvalue weighted by Gasteiger charge is -2.33. The number of carbonyl (C=O) groups is 2. The number of hydrogen-bond donors (Lipinski definition) is 1. The highest BCUT2D eigenvalue weighted by molar-refractivity contribution is 7.90. The van der Waals surface area contributed by atoms with Crippen LogP contribution in [0.15, 0.2) is 48.5 Å². The Labute approximate surface area is 199 Å². The number of rotatable bonds is 10. The third-order valence-corrected chi connectivity index (χ3v) is 6.85. The number of halogens is 2. The van der Waals surface area contributed by atoms with Gasteiger partial charge in [-0.05, 0) is 51.1 Å². The van der Waals surface area contributed by atoms with E-state index in [1.807, 2.05) is 0 Å². The second kappa shape index (κ2) is 11.4. The van der Waals surface area contributed by atoms with Gasteiger partial charge in [0.05, 0.1) is 5.69 Å². The SMILES string of the molecule is CC(C)NC(=O)C(C)N(Cc1ccccc1F)C(=O)CN(c1ccc(F)cc1)S(=O)(=O)N(C)C. The second-order valence-corrected chi connectivity index (χ2v) is 10.3. The normalized spacial score (nSPS) is 12.5. The minimum Gasteiger partial charge on any atom is -0.352 e. The molecule has 2 aromatic carbocycles. The van der Waals surface area contributed by atoms with Crippen molar-refractivity contribution in [3.63, 3.8) is 0 Å². The molecule has 0 saturated carbocycles. The Morgan fingerprint density at radius 2 is 1.56 bits per heavy atom. The van der Waals surface area contributed by atoms with E-state index >= 15 is 0 Å². The summed E-state index contributed by atoms with van der Waals surface area (Å²) in [5.74, 6) is -2.33. The summed E-state index contributed by atoms with van der Waals surface area (Å²) >= 11 is 0. The Balaban J connectivity index is 2.46. The van der Waals surface area contributed by atoms with Gasteiger partial charge in [0.1, 0.15) is 24.2 Å². The lowest BCUT2D eigenvalue weighted by Crippen LogP contribution is -2.53. The molecule has 0 spiro atoms. The average molecular weight is 497 g/mol. The number of nitrogens with one attached hydrogen (secondary N) is 1. The van der Waals surface area contributed by atoms with Crippen molar-refractivity contribution in [3.05, 3.63) is 65.7 Å². The van der Waals surface area contributed by atoms with Gasteiger partial charge in [-0.15, -0.1) is 0 Å². The molecule has 11 heteroatoms. The predicted molar refractivity (Wildman–Crippen MR) is 126 cm³/mol. The van der Waals surface area contributed by atoms with Crippen LogP contribution in [0, 0.1) is 11.6 Å². The summed E-state index contributed by atoms with van der Waals surface area (Å²) in [6, 6.07) is 9.22. The number of benzene rings is 2. The molecule has 1 unspecified atom stereocenters. The molecule has 8 nitrogen and oxygen atoms in total. The van der Waals surface area contributed by atoms with E-state index in [1.165, 1.54) is 51.4 Å². The molecule has 0 radical (unpaired) electrons. The average Bonchev–Trinajstić information content (AvgIpc) is 2.76. The summed E-state index contributed by atoms with van der Waals surface area (Å²) in [7, 11) is -1.56. The van der Waals surface area contributed by atoms with Crippen molar-refractivity contribution in [2.24, 2.45) is 0 Å². The first-order chi connectivity index (χ1) is 15.8. The molecular weight excluding hydrogens is 466 g/mol. The van der Waals surface area contributed by atoms with Crippen molar-refractivity contribution in [1.29, 1.82) is 0 Å². The molecule has 186 valence electrons. The molecule has 0 bridgehead atoms. The first-order valence-electron chi connectivity index (χ1n) is 10.6. The molecular formula is C23H30F2N4O4S. The van der Waals surface area contributed by atoms with Crippen molar-refractivity contribution < 1.29 is 26.8 Å². The van der Waals surface area contributed by atoms with E-state index in [0.29, 0.717) is 0 Å². The fraction of sp³-hybridized carbons (Fsp3) is 0.391.